The second-order valence-corrected chi connectivity index (χ2v) is 6.70. The van der Waals surface area contributed by atoms with E-state index in [-0.39, 0.29) is 17.9 Å². The van der Waals surface area contributed by atoms with Crippen molar-refractivity contribution in [1.29, 1.82) is 0 Å². The molecule has 0 N–H and O–H groups in total. The van der Waals surface area contributed by atoms with Gasteiger partial charge in [-0.2, -0.15) is 0 Å². The Kier molecular flexibility index (Phi) is 6.15. The monoisotopic (exact) mass is 410 g/mol. The molecule has 1 heterocycles. The molecule has 9 heteroatoms. The molecule has 0 radical (unpaired) electrons. The van der Waals surface area contributed by atoms with Crippen LogP contribution in [0.5, 0.6) is 0 Å². The highest BCUT2D eigenvalue weighted by Crippen LogP contribution is 2.30. The van der Waals surface area contributed by atoms with E-state index in [9.17, 15) is 14.9 Å². The number of esters is 1. The average Bonchev–Trinajstić information content (AvgIpc) is 2.68. The van der Waals surface area contributed by atoms with Crippen LogP contribution in [0.2, 0.25) is 10.0 Å². The van der Waals surface area contributed by atoms with E-state index in [0.29, 0.717) is 47.6 Å². The van der Waals surface area contributed by atoms with E-state index in [4.69, 9.17) is 32.7 Å². The molecule has 3 rings (SSSR count). The van der Waals surface area contributed by atoms with Gasteiger partial charge in [-0.1, -0.05) is 29.3 Å². The van der Waals surface area contributed by atoms with Crippen molar-refractivity contribution in [2.75, 3.05) is 31.2 Å². The fraction of sp³-hybridized carbons (Fsp3) is 0.278. The van der Waals surface area contributed by atoms with Gasteiger partial charge in [0.15, 0.2) is 0 Å². The predicted octanol–water partition coefficient (Wildman–Crippen LogP) is 4.10. The van der Waals surface area contributed by atoms with Gasteiger partial charge in [0.25, 0.3) is 5.69 Å². The second kappa shape index (κ2) is 8.56. The number of ether oxygens (including phenoxy) is 2. The second-order valence-electron chi connectivity index (χ2n) is 5.88. The molecule has 142 valence electrons. The molecule has 1 aliphatic heterocycles. The molecule has 0 bridgehead atoms. The number of nitro groups is 1. The van der Waals surface area contributed by atoms with Crippen LogP contribution in [0.3, 0.4) is 0 Å². The van der Waals surface area contributed by atoms with Crippen molar-refractivity contribution in [2.45, 2.75) is 6.61 Å². The minimum Gasteiger partial charge on any atom is -0.457 e. The van der Waals surface area contributed by atoms with E-state index in [1.54, 1.807) is 24.3 Å². The van der Waals surface area contributed by atoms with Gasteiger partial charge in [-0.05, 0) is 29.8 Å². The lowest BCUT2D eigenvalue weighted by molar-refractivity contribution is -0.384. The molecule has 2 aromatic carbocycles. The number of morpholine rings is 1. The largest absolute Gasteiger partial charge is 0.457 e. The standard InChI is InChI=1S/C18H16Cl2N2O5/c19-14-3-1-12(9-15(14)20)11-27-18(23)13-2-4-16(17(10-13)22(24)25)21-5-7-26-8-6-21/h1-4,9-10H,5-8,11H2. The molecular formula is C18H16Cl2N2O5. The molecule has 0 unspecified atom stereocenters. The fourth-order valence-electron chi connectivity index (χ4n) is 2.73. The smallest absolute Gasteiger partial charge is 0.338 e. The van der Waals surface area contributed by atoms with Crippen molar-refractivity contribution in [3.8, 4) is 0 Å². The van der Waals surface area contributed by atoms with Gasteiger partial charge in [0.1, 0.15) is 12.3 Å². The molecule has 0 aliphatic carbocycles. The van der Waals surface area contributed by atoms with E-state index in [2.05, 4.69) is 0 Å². The van der Waals surface area contributed by atoms with Gasteiger partial charge in [0, 0.05) is 19.2 Å². The van der Waals surface area contributed by atoms with Gasteiger partial charge in [-0.25, -0.2) is 4.79 Å². The zero-order valence-corrected chi connectivity index (χ0v) is 15.7. The molecule has 0 spiro atoms. The number of hydrogen-bond acceptors (Lipinski definition) is 6. The molecule has 27 heavy (non-hydrogen) atoms. The summed E-state index contributed by atoms with van der Waals surface area (Å²) in [4.78, 5) is 25.1. The van der Waals surface area contributed by atoms with Gasteiger partial charge >= 0.3 is 5.97 Å². The van der Waals surface area contributed by atoms with Gasteiger partial charge < -0.3 is 14.4 Å². The summed E-state index contributed by atoms with van der Waals surface area (Å²) in [5.41, 5.74) is 1.10. The van der Waals surface area contributed by atoms with Crippen molar-refractivity contribution in [1.82, 2.24) is 0 Å². The van der Waals surface area contributed by atoms with Crippen LogP contribution in [0.15, 0.2) is 36.4 Å². The molecule has 0 amide bonds. The van der Waals surface area contributed by atoms with Crippen LogP contribution in [0, 0.1) is 10.1 Å². The predicted molar refractivity (Wildman–Crippen MR) is 102 cm³/mol. The first-order valence-corrected chi connectivity index (χ1v) is 8.93. The lowest BCUT2D eigenvalue weighted by atomic mass is 10.1. The van der Waals surface area contributed by atoms with Gasteiger partial charge in [-0.15, -0.1) is 0 Å². The number of halogens is 2. The molecular weight excluding hydrogens is 395 g/mol. The Bertz CT molecular complexity index is 869. The van der Waals surface area contributed by atoms with Crippen LogP contribution in [-0.2, 0) is 16.1 Å². The summed E-state index contributed by atoms with van der Waals surface area (Å²) in [7, 11) is 0. The van der Waals surface area contributed by atoms with Crippen LogP contribution in [0.1, 0.15) is 15.9 Å². The summed E-state index contributed by atoms with van der Waals surface area (Å²) < 4.78 is 10.5. The number of rotatable bonds is 5. The molecule has 1 aliphatic rings. The third kappa shape index (κ3) is 4.68. The third-order valence-electron chi connectivity index (χ3n) is 4.11. The van der Waals surface area contributed by atoms with Crippen molar-refractivity contribution in [3.05, 3.63) is 67.7 Å². The Morgan fingerprint density at radius 3 is 2.56 bits per heavy atom. The molecule has 0 atom stereocenters. The minimum absolute atomic E-state index is 0.0191. The number of hydrogen-bond donors (Lipinski definition) is 0. The number of benzene rings is 2. The molecule has 2 aromatic rings. The number of carbonyl (C=O) groups excluding carboxylic acids is 1. The summed E-state index contributed by atoms with van der Waals surface area (Å²) in [5.74, 6) is -0.655. The highest BCUT2D eigenvalue weighted by molar-refractivity contribution is 6.42. The Morgan fingerprint density at radius 1 is 1.15 bits per heavy atom. The van der Waals surface area contributed by atoms with E-state index in [1.807, 2.05) is 4.90 Å². The van der Waals surface area contributed by atoms with Crippen LogP contribution in [0.25, 0.3) is 0 Å². The summed E-state index contributed by atoms with van der Waals surface area (Å²) in [6.45, 7) is 2.11. The summed E-state index contributed by atoms with van der Waals surface area (Å²) in [6, 6.07) is 9.22. The third-order valence-corrected chi connectivity index (χ3v) is 4.85. The van der Waals surface area contributed by atoms with Crippen LogP contribution >= 0.6 is 23.2 Å². The van der Waals surface area contributed by atoms with Crippen molar-refractivity contribution in [2.24, 2.45) is 0 Å². The Labute approximate surface area is 165 Å². The van der Waals surface area contributed by atoms with Crippen LogP contribution in [0.4, 0.5) is 11.4 Å². The normalized spacial score (nSPS) is 14.1. The lowest BCUT2D eigenvalue weighted by Crippen LogP contribution is -2.36. The molecule has 1 saturated heterocycles. The highest BCUT2D eigenvalue weighted by atomic mass is 35.5. The maximum Gasteiger partial charge on any atom is 0.338 e. The zero-order valence-electron chi connectivity index (χ0n) is 14.2. The molecule has 1 fully saturated rings. The minimum atomic E-state index is -0.655. The molecule has 0 saturated carbocycles. The number of anilines is 1. The first-order chi connectivity index (χ1) is 13.0. The molecule has 0 aromatic heterocycles. The number of nitrogens with zero attached hydrogens (tertiary/aromatic N) is 2. The summed E-state index contributed by atoms with van der Waals surface area (Å²) in [5, 5.41) is 12.2. The summed E-state index contributed by atoms with van der Waals surface area (Å²) in [6.07, 6.45) is 0. The number of carbonyl (C=O) groups is 1. The quantitative estimate of drug-likeness (QED) is 0.419. The Balaban J connectivity index is 1.75. The Morgan fingerprint density at radius 2 is 1.89 bits per heavy atom. The fourth-order valence-corrected chi connectivity index (χ4v) is 3.05. The van der Waals surface area contributed by atoms with E-state index >= 15 is 0 Å². The molecule has 7 nitrogen and oxygen atoms in total. The van der Waals surface area contributed by atoms with Crippen molar-refractivity contribution >= 4 is 40.5 Å². The van der Waals surface area contributed by atoms with E-state index in [0.717, 1.165) is 0 Å². The highest BCUT2D eigenvalue weighted by Gasteiger charge is 2.23. The zero-order chi connectivity index (χ0) is 19.4. The van der Waals surface area contributed by atoms with Gasteiger partial charge in [-0.3, -0.25) is 10.1 Å². The van der Waals surface area contributed by atoms with Crippen LogP contribution in [-0.4, -0.2) is 37.2 Å². The first kappa shape index (κ1) is 19.4. The van der Waals surface area contributed by atoms with Crippen molar-refractivity contribution < 1.29 is 19.2 Å². The summed E-state index contributed by atoms with van der Waals surface area (Å²) >= 11 is 11.8. The topological polar surface area (TPSA) is 81.9 Å². The van der Waals surface area contributed by atoms with Crippen LogP contribution < -0.4 is 4.90 Å². The van der Waals surface area contributed by atoms with E-state index in [1.165, 1.54) is 12.1 Å². The van der Waals surface area contributed by atoms with Crippen molar-refractivity contribution in [3.63, 3.8) is 0 Å². The van der Waals surface area contributed by atoms with Gasteiger partial charge in [0.05, 0.1) is 33.7 Å². The Hall–Kier alpha value is -2.35. The average molecular weight is 411 g/mol. The van der Waals surface area contributed by atoms with E-state index < -0.39 is 10.9 Å². The first-order valence-electron chi connectivity index (χ1n) is 8.18. The maximum atomic E-state index is 12.3. The lowest BCUT2D eigenvalue weighted by Gasteiger charge is -2.28. The maximum absolute atomic E-state index is 12.3. The SMILES string of the molecule is O=C(OCc1ccc(Cl)c(Cl)c1)c1ccc(N2CCOCC2)c([N+](=O)[O-])c1. The number of nitro benzene ring substituents is 1. The van der Waals surface area contributed by atoms with Gasteiger partial charge in [0.2, 0.25) is 0 Å².